The SMILES string of the molecule is Fc1cc(F)c2nc(CCl)n(CC3(C4CC4)CC3)c2c1. The van der Waals surface area contributed by atoms with Crippen molar-refractivity contribution < 1.29 is 8.78 Å². The minimum atomic E-state index is -0.610. The minimum absolute atomic E-state index is 0.219. The summed E-state index contributed by atoms with van der Waals surface area (Å²) in [6, 6.07) is 2.25. The molecule has 2 nitrogen and oxygen atoms in total. The third kappa shape index (κ3) is 1.85. The Hall–Kier alpha value is -1.16. The molecule has 2 fully saturated rings. The molecule has 1 aromatic heterocycles. The van der Waals surface area contributed by atoms with Crippen LogP contribution in [0.3, 0.4) is 0 Å². The number of alkyl halides is 1. The number of nitrogens with zero attached hydrogens (tertiary/aromatic N) is 2. The van der Waals surface area contributed by atoms with E-state index in [1.807, 2.05) is 4.57 Å². The lowest BCUT2D eigenvalue weighted by Crippen LogP contribution is -2.15. The fourth-order valence-electron chi connectivity index (χ4n) is 3.34. The molecular formula is C15H15ClF2N2. The Morgan fingerprint density at radius 2 is 2.05 bits per heavy atom. The fourth-order valence-corrected chi connectivity index (χ4v) is 3.55. The Morgan fingerprint density at radius 1 is 1.30 bits per heavy atom. The molecule has 0 atom stereocenters. The van der Waals surface area contributed by atoms with Crippen LogP contribution >= 0.6 is 11.6 Å². The second-order valence-corrected chi connectivity index (χ2v) is 6.41. The summed E-state index contributed by atoms with van der Waals surface area (Å²) in [5, 5.41) is 0. The van der Waals surface area contributed by atoms with E-state index in [1.54, 1.807) is 0 Å². The van der Waals surface area contributed by atoms with Gasteiger partial charge in [0, 0.05) is 12.6 Å². The van der Waals surface area contributed by atoms with E-state index in [1.165, 1.54) is 31.7 Å². The Bertz CT molecular complexity index is 687. The maximum absolute atomic E-state index is 13.8. The molecule has 0 bridgehead atoms. The first kappa shape index (κ1) is 12.6. The van der Waals surface area contributed by atoms with Gasteiger partial charge in [-0.2, -0.15) is 0 Å². The van der Waals surface area contributed by atoms with Gasteiger partial charge in [-0.3, -0.25) is 0 Å². The summed E-state index contributed by atoms with van der Waals surface area (Å²) in [7, 11) is 0. The number of hydrogen-bond donors (Lipinski definition) is 0. The molecule has 2 aliphatic carbocycles. The summed E-state index contributed by atoms with van der Waals surface area (Å²) in [6.45, 7) is 0.791. The zero-order valence-electron chi connectivity index (χ0n) is 11.0. The minimum Gasteiger partial charge on any atom is -0.326 e. The molecule has 0 unspecified atom stereocenters. The van der Waals surface area contributed by atoms with Crippen LogP contribution in [0.2, 0.25) is 0 Å². The van der Waals surface area contributed by atoms with Crippen molar-refractivity contribution in [1.82, 2.24) is 9.55 Å². The van der Waals surface area contributed by atoms with Crippen molar-refractivity contribution in [3.63, 3.8) is 0 Å². The largest absolute Gasteiger partial charge is 0.326 e. The third-order valence-electron chi connectivity index (χ3n) is 4.78. The van der Waals surface area contributed by atoms with Crippen molar-refractivity contribution in [3.05, 3.63) is 29.6 Å². The Balaban J connectivity index is 1.84. The van der Waals surface area contributed by atoms with E-state index in [4.69, 9.17) is 11.6 Å². The highest BCUT2D eigenvalue weighted by atomic mass is 35.5. The molecule has 0 radical (unpaired) electrons. The van der Waals surface area contributed by atoms with Gasteiger partial charge in [0.2, 0.25) is 0 Å². The third-order valence-corrected chi connectivity index (χ3v) is 5.02. The molecule has 2 aliphatic rings. The van der Waals surface area contributed by atoms with Crippen molar-refractivity contribution >= 4 is 22.6 Å². The first-order valence-corrected chi connectivity index (χ1v) is 7.56. The number of hydrogen-bond acceptors (Lipinski definition) is 1. The predicted octanol–water partition coefficient (Wildman–Crippen LogP) is 4.24. The van der Waals surface area contributed by atoms with E-state index in [0.29, 0.717) is 16.8 Å². The highest BCUT2D eigenvalue weighted by Gasteiger charge is 2.54. The van der Waals surface area contributed by atoms with Gasteiger partial charge in [0.25, 0.3) is 0 Å². The average Bonchev–Trinajstić information content (AvgIpc) is 3.28. The van der Waals surface area contributed by atoms with Gasteiger partial charge in [-0.25, -0.2) is 13.8 Å². The molecule has 2 aromatic rings. The second-order valence-electron chi connectivity index (χ2n) is 6.14. The van der Waals surface area contributed by atoms with Crippen molar-refractivity contribution in [3.8, 4) is 0 Å². The van der Waals surface area contributed by atoms with Crippen molar-refractivity contribution in [2.24, 2.45) is 11.3 Å². The van der Waals surface area contributed by atoms with Gasteiger partial charge in [0.1, 0.15) is 17.2 Å². The van der Waals surface area contributed by atoms with E-state index in [0.717, 1.165) is 18.5 Å². The molecule has 4 rings (SSSR count). The smallest absolute Gasteiger partial charge is 0.153 e. The molecule has 0 saturated heterocycles. The monoisotopic (exact) mass is 296 g/mol. The van der Waals surface area contributed by atoms with Crippen LogP contribution in [0.25, 0.3) is 11.0 Å². The zero-order valence-corrected chi connectivity index (χ0v) is 11.8. The quantitative estimate of drug-likeness (QED) is 0.772. The maximum Gasteiger partial charge on any atom is 0.153 e. The normalized spacial score (nSPS) is 20.6. The van der Waals surface area contributed by atoms with Gasteiger partial charge in [-0.05, 0) is 43.1 Å². The van der Waals surface area contributed by atoms with Crippen LogP contribution in [0.1, 0.15) is 31.5 Å². The number of fused-ring (bicyclic) bond motifs is 1. The number of halogens is 3. The van der Waals surface area contributed by atoms with Crippen LogP contribution in [0.4, 0.5) is 8.78 Å². The molecule has 0 amide bonds. The highest BCUT2D eigenvalue weighted by molar-refractivity contribution is 6.16. The van der Waals surface area contributed by atoms with Gasteiger partial charge >= 0.3 is 0 Å². The first-order chi connectivity index (χ1) is 9.63. The Kier molecular flexibility index (Phi) is 2.62. The second kappa shape index (κ2) is 4.17. The molecule has 106 valence electrons. The van der Waals surface area contributed by atoms with E-state index >= 15 is 0 Å². The van der Waals surface area contributed by atoms with E-state index in [9.17, 15) is 8.78 Å². The molecule has 0 aliphatic heterocycles. The van der Waals surface area contributed by atoms with Crippen molar-refractivity contribution in [2.45, 2.75) is 38.1 Å². The van der Waals surface area contributed by atoms with Crippen LogP contribution in [-0.2, 0) is 12.4 Å². The summed E-state index contributed by atoms with van der Waals surface area (Å²) in [6.07, 6.45) is 4.98. The van der Waals surface area contributed by atoms with Crippen LogP contribution in [0.5, 0.6) is 0 Å². The van der Waals surface area contributed by atoms with E-state index in [-0.39, 0.29) is 11.4 Å². The molecule has 1 aromatic carbocycles. The fraction of sp³-hybridized carbons (Fsp3) is 0.533. The standard InChI is InChI=1S/C15H15ClF2N2/c16-7-13-19-14-11(18)5-10(17)6-12(14)20(13)8-15(3-4-15)9-1-2-9/h5-6,9H,1-4,7-8H2. The lowest BCUT2D eigenvalue weighted by atomic mass is 10.0. The van der Waals surface area contributed by atoms with Gasteiger partial charge in [-0.1, -0.05) is 0 Å². The highest BCUT2D eigenvalue weighted by Crippen LogP contribution is 2.62. The summed E-state index contributed by atoms with van der Waals surface area (Å²) < 4.78 is 29.3. The Morgan fingerprint density at radius 3 is 2.65 bits per heavy atom. The molecule has 20 heavy (non-hydrogen) atoms. The number of benzene rings is 1. The summed E-state index contributed by atoms with van der Waals surface area (Å²) in [5.74, 6) is 0.464. The average molecular weight is 297 g/mol. The predicted molar refractivity (Wildman–Crippen MR) is 73.6 cm³/mol. The molecule has 0 spiro atoms. The van der Waals surface area contributed by atoms with Crippen LogP contribution in [0, 0.1) is 23.0 Å². The van der Waals surface area contributed by atoms with Gasteiger partial charge < -0.3 is 4.57 Å². The van der Waals surface area contributed by atoms with Crippen molar-refractivity contribution in [1.29, 1.82) is 0 Å². The zero-order chi connectivity index (χ0) is 13.9. The molecular weight excluding hydrogens is 282 g/mol. The lowest BCUT2D eigenvalue weighted by molar-refractivity contribution is 0.370. The molecule has 0 N–H and O–H groups in total. The summed E-state index contributed by atoms with van der Waals surface area (Å²) >= 11 is 5.94. The number of rotatable bonds is 4. The maximum atomic E-state index is 13.8. The summed E-state index contributed by atoms with van der Waals surface area (Å²) in [5.41, 5.74) is 1.09. The number of aromatic nitrogens is 2. The topological polar surface area (TPSA) is 17.8 Å². The Labute approximate surface area is 120 Å². The molecule has 2 saturated carbocycles. The van der Waals surface area contributed by atoms with E-state index in [2.05, 4.69) is 4.98 Å². The molecule has 5 heteroatoms. The van der Waals surface area contributed by atoms with E-state index < -0.39 is 11.6 Å². The lowest BCUT2D eigenvalue weighted by Gasteiger charge is -2.17. The van der Waals surface area contributed by atoms with Crippen LogP contribution in [0.15, 0.2) is 12.1 Å². The molecule has 1 heterocycles. The van der Waals surface area contributed by atoms with Gasteiger partial charge in [0.05, 0.1) is 11.4 Å². The number of imidazole rings is 1. The van der Waals surface area contributed by atoms with Crippen LogP contribution in [-0.4, -0.2) is 9.55 Å². The summed E-state index contributed by atoms with van der Waals surface area (Å²) in [4.78, 5) is 4.25. The van der Waals surface area contributed by atoms with Crippen molar-refractivity contribution in [2.75, 3.05) is 0 Å². The van der Waals surface area contributed by atoms with Gasteiger partial charge in [-0.15, -0.1) is 11.6 Å². The van der Waals surface area contributed by atoms with Gasteiger partial charge in [0.15, 0.2) is 5.82 Å². The first-order valence-electron chi connectivity index (χ1n) is 7.03. The van der Waals surface area contributed by atoms with Crippen LogP contribution < -0.4 is 0 Å².